The fraction of sp³-hybridized carbons (Fsp3) is 0.980. The summed E-state index contributed by atoms with van der Waals surface area (Å²) in [6.45, 7) is 3.43. The maximum atomic E-state index is 13.1. The average molecular weight is 969 g/mol. The molecule has 0 radical (unpaired) electrons. The number of unbranched alkanes of at least 4 members (excludes halogenated alkanes) is 31. The molecular formula is C50H99NO14P-. The second-order valence-electron chi connectivity index (χ2n) is 19.5. The van der Waals surface area contributed by atoms with Crippen LogP contribution in [-0.4, -0.2) is 126 Å². The van der Waals surface area contributed by atoms with Gasteiger partial charge in [-0.1, -0.05) is 226 Å². The third-order valence-electron chi connectivity index (χ3n) is 13.5. The van der Waals surface area contributed by atoms with E-state index in [1.54, 1.807) is 0 Å². The second kappa shape index (κ2) is 39.9. The summed E-state index contributed by atoms with van der Waals surface area (Å²) >= 11 is 0. The van der Waals surface area contributed by atoms with E-state index in [0.717, 1.165) is 51.4 Å². The highest BCUT2D eigenvalue weighted by atomic mass is 31.2. The average Bonchev–Trinajstić information content (AvgIpc) is 3.30. The minimum Gasteiger partial charge on any atom is -0.756 e. The van der Waals surface area contributed by atoms with Crippen molar-refractivity contribution >= 4 is 13.7 Å². The number of rotatable bonds is 45. The van der Waals surface area contributed by atoms with Crippen LogP contribution in [0.1, 0.15) is 239 Å². The minimum absolute atomic E-state index is 0.111. The molecule has 12 atom stereocenters. The Morgan fingerprint density at radius 2 is 0.773 bits per heavy atom. The van der Waals surface area contributed by atoms with Gasteiger partial charge in [-0.25, -0.2) is 0 Å². The van der Waals surface area contributed by atoms with Crippen molar-refractivity contribution in [3.8, 4) is 0 Å². The number of carbonyl (C=O) groups excluding carboxylic acids is 1. The van der Waals surface area contributed by atoms with Gasteiger partial charge in [0.05, 0.1) is 24.9 Å². The molecule has 1 fully saturated rings. The Hall–Kier alpha value is -0.780. The molecule has 0 saturated heterocycles. The Bertz CT molecular complexity index is 1170. The molecular weight excluding hydrogens is 870 g/mol. The van der Waals surface area contributed by atoms with E-state index in [0.29, 0.717) is 12.8 Å². The van der Waals surface area contributed by atoms with Gasteiger partial charge in [0.1, 0.15) is 42.7 Å². The van der Waals surface area contributed by atoms with Crippen molar-refractivity contribution in [2.45, 2.75) is 306 Å². The number of nitrogens with one attached hydrogen (secondary N) is 1. The Balaban J connectivity index is 2.50. The zero-order valence-corrected chi connectivity index (χ0v) is 42.2. The molecule has 3 unspecified atom stereocenters. The van der Waals surface area contributed by atoms with Gasteiger partial charge >= 0.3 is 0 Å². The Labute approximate surface area is 399 Å². The fourth-order valence-corrected chi connectivity index (χ4v) is 9.87. The highest BCUT2D eigenvalue weighted by molar-refractivity contribution is 7.45. The summed E-state index contributed by atoms with van der Waals surface area (Å²) in [5.74, 6) is -1.13. The Morgan fingerprint density at radius 3 is 1.11 bits per heavy atom. The van der Waals surface area contributed by atoms with Gasteiger partial charge in [-0.05, 0) is 12.8 Å². The zero-order valence-electron chi connectivity index (χ0n) is 41.3. The third-order valence-corrected chi connectivity index (χ3v) is 14.4. The van der Waals surface area contributed by atoms with E-state index in [-0.39, 0.29) is 12.8 Å². The van der Waals surface area contributed by atoms with Crippen LogP contribution in [0.3, 0.4) is 0 Å². The van der Waals surface area contributed by atoms with E-state index in [1.807, 2.05) is 0 Å². The van der Waals surface area contributed by atoms with Gasteiger partial charge in [-0.2, -0.15) is 0 Å². The summed E-state index contributed by atoms with van der Waals surface area (Å²) in [6, 6.07) is -1.64. The van der Waals surface area contributed by atoms with E-state index in [1.165, 1.54) is 148 Å². The summed E-state index contributed by atoms with van der Waals surface area (Å²) in [7, 11) is -5.54. The van der Waals surface area contributed by atoms with Crippen LogP contribution in [0.2, 0.25) is 0 Å². The normalized spacial score (nSPS) is 23.3. The molecule has 66 heavy (non-hydrogen) atoms. The fourth-order valence-electron chi connectivity index (χ4n) is 8.92. The van der Waals surface area contributed by atoms with Crippen LogP contribution in [0.15, 0.2) is 0 Å². The molecule has 10 N–H and O–H groups in total. The van der Waals surface area contributed by atoms with Crippen LogP contribution in [-0.2, 0) is 18.4 Å². The number of hydrogen-bond acceptors (Lipinski definition) is 14. The lowest BCUT2D eigenvalue weighted by Gasteiger charge is -2.43. The molecule has 1 rings (SSSR count). The van der Waals surface area contributed by atoms with Crippen LogP contribution in [0.5, 0.6) is 0 Å². The maximum absolute atomic E-state index is 13.1. The number of phosphoric acid groups is 1. The third kappa shape index (κ3) is 29.4. The lowest BCUT2D eigenvalue weighted by Crippen LogP contribution is -2.64. The molecule has 0 aromatic carbocycles. The van der Waals surface area contributed by atoms with Gasteiger partial charge in [0.15, 0.2) is 6.10 Å². The van der Waals surface area contributed by atoms with Crippen molar-refractivity contribution in [3.63, 3.8) is 0 Å². The number of aliphatic hydroxyl groups excluding tert-OH is 9. The van der Waals surface area contributed by atoms with Crippen molar-refractivity contribution < 1.29 is 69.3 Å². The predicted octanol–water partition coefficient (Wildman–Crippen LogP) is 7.30. The number of carbonyl (C=O) groups is 1. The smallest absolute Gasteiger partial charge is 0.268 e. The predicted molar refractivity (Wildman–Crippen MR) is 257 cm³/mol. The summed E-state index contributed by atoms with van der Waals surface area (Å²) in [4.78, 5) is 26.0. The standard InChI is InChI=1S/C50H100NO14P/c1-3-5-7-9-11-13-15-17-18-19-20-21-22-23-24-25-27-29-31-33-35-37-41(53)43(55)50(61)51-39(38-64-66(62,63)65-49-47(59)45(57)44(56)46(58)48(49)60)42(54)40(52)36-34-32-30-28-26-16-14-12-10-8-6-4-2/h39-49,52-60H,3-38H2,1-2H3,(H,51,61)(H,62,63)/p-1/t39-,40+,41+,42-,43-,44?,45-,46+,47+,48+,49?/m0/s1. The maximum Gasteiger partial charge on any atom is 0.268 e. The summed E-state index contributed by atoms with van der Waals surface area (Å²) in [6.07, 6.45) is 20.0. The van der Waals surface area contributed by atoms with Crippen LogP contribution in [0, 0.1) is 0 Å². The van der Waals surface area contributed by atoms with Crippen molar-refractivity contribution in [2.75, 3.05) is 6.61 Å². The molecule has 0 aromatic rings. The van der Waals surface area contributed by atoms with E-state index in [9.17, 15) is 60.2 Å². The van der Waals surface area contributed by atoms with Gasteiger partial charge in [0.2, 0.25) is 0 Å². The molecule has 16 heteroatoms. The first-order chi connectivity index (χ1) is 31.7. The Kier molecular flexibility index (Phi) is 38.2. The van der Waals surface area contributed by atoms with E-state index in [2.05, 4.69) is 19.2 Å². The van der Waals surface area contributed by atoms with Crippen molar-refractivity contribution in [3.05, 3.63) is 0 Å². The lowest BCUT2D eigenvalue weighted by atomic mass is 9.85. The highest BCUT2D eigenvalue weighted by Crippen LogP contribution is 2.43. The Morgan fingerprint density at radius 1 is 0.485 bits per heavy atom. The van der Waals surface area contributed by atoms with E-state index < -0.39 is 87.4 Å². The first kappa shape index (κ1) is 63.2. The number of amides is 1. The first-order valence-electron chi connectivity index (χ1n) is 26.7. The monoisotopic (exact) mass is 969 g/mol. The van der Waals surface area contributed by atoms with E-state index in [4.69, 9.17) is 9.05 Å². The summed E-state index contributed by atoms with van der Waals surface area (Å²) in [5.41, 5.74) is 0. The molecule has 1 aliphatic rings. The van der Waals surface area contributed by atoms with Crippen molar-refractivity contribution in [2.24, 2.45) is 0 Å². The summed E-state index contributed by atoms with van der Waals surface area (Å²) < 4.78 is 22.5. The molecule has 0 bridgehead atoms. The lowest BCUT2D eigenvalue weighted by molar-refractivity contribution is -0.261. The van der Waals surface area contributed by atoms with Crippen molar-refractivity contribution in [1.29, 1.82) is 0 Å². The minimum atomic E-state index is -5.54. The van der Waals surface area contributed by atoms with Gasteiger partial charge in [0, 0.05) is 0 Å². The van der Waals surface area contributed by atoms with Crippen LogP contribution < -0.4 is 10.2 Å². The number of hydrogen-bond donors (Lipinski definition) is 10. The number of aliphatic hydroxyl groups is 9. The molecule has 1 amide bonds. The zero-order chi connectivity index (χ0) is 49.0. The molecule has 394 valence electrons. The van der Waals surface area contributed by atoms with Gasteiger partial charge in [-0.3, -0.25) is 9.36 Å². The molecule has 0 heterocycles. The largest absolute Gasteiger partial charge is 0.756 e. The highest BCUT2D eigenvalue weighted by Gasteiger charge is 2.50. The summed E-state index contributed by atoms with van der Waals surface area (Å²) in [5, 5.41) is 96.0. The van der Waals surface area contributed by atoms with Crippen LogP contribution in [0.25, 0.3) is 0 Å². The number of phosphoric ester groups is 1. The van der Waals surface area contributed by atoms with Crippen LogP contribution >= 0.6 is 7.82 Å². The topological polar surface area (TPSA) is 270 Å². The van der Waals surface area contributed by atoms with Crippen molar-refractivity contribution in [1.82, 2.24) is 5.32 Å². The quantitative estimate of drug-likeness (QED) is 0.0212. The van der Waals surface area contributed by atoms with Gasteiger partial charge in [-0.15, -0.1) is 0 Å². The molecule has 0 aliphatic heterocycles. The first-order valence-corrected chi connectivity index (χ1v) is 28.2. The van der Waals surface area contributed by atoms with Gasteiger partial charge in [0.25, 0.3) is 13.7 Å². The molecule has 15 nitrogen and oxygen atoms in total. The van der Waals surface area contributed by atoms with Gasteiger partial charge < -0.3 is 65.2 Å². The second-order valence-corrected chi connectivity index (χ2v) is 20.9. The molecule has 0 aromatic heterocycles. The SMILES string of the molecule is CCCCCCCCCCCCCCCCCCCCCCC[C@@H](O)[C@H](O)C(=O)N[C@@H](COP(=O)([O-])OC1[C@H](O)[C@H](O)C(O)[C@H](O)[C@H]1O)[C@H](O)[C@H](O)CCCCCCCCCCCCCC. The molecule has 1 aliphatic carbocycles. The van der Waals surface area contributed by atoms with Crippen LogP contribution in [0.4, 0.5) is 0 Å². The molecule has 0 spiro atoms. The molecule has 1 saturated carbocycles. The van der Waals surface area contributed by atoms with E-state index >= 15 is 0 Å².